The van der Waals surface area contributed by atoms with Gasteiger partial charge >= 0.3 is 5.69 Å². The molecular weight excluding hydrogens is 300 g/mol. The van der Waals surface area contributed by atoms with E-state index in [1.807, 2.05) is 0 Å². The number of nitro groups is 1. The van der Waals surface area contributed by atoms with Crippen LogP contribution >= 0.6 is 11.6 Å². The fraction of sp³-hybridized carbons (Fsp3) is 0.250. The third kappa shape index (κ3) is 3.16. The molecule has 0 saturated carbocycles. The summed E-state index contributed by atoms with van der Waals surface area (Å²) in [6.07, 6.45) is 1.23. The van der Waals surface area contributed by atoms with Crippen LogP contribution < -0.4 is 5.32 Å². The van der Waals surface area contributed by atoms with E-state index in [0.29, 0.717) is 11.7 Å². The number of hydrogen-bond donors (Lipinski definition) is 1. The predicted octanol–water partition coefficient (Wildman–Crippen LogP) is 2.18. The molecule has 0 unspecified atom stereocenters. The third-order valence-electron chi connectivity index (χ3n) is 2.78. The number of carbonyl (C=O) groups is 1. The number of nitrogens with one attached hydrogen (secondary N) is 1. The van der Waals surface area contributed by atoms with Gasteiger partial charge in [0.2, 0.25) is 11.0 Å². The van der Waals surface area contributed by atoms with Gasteiger partial charge in [0, 0.05) is 6.20 Å². The molecule has 1 N–H and O–H groups in total. The highest BCUT2D eigenvalue weighted by atomic mass is 35.5. The first kappa shape index (κ1) is 14.9. The maximum atomic E-state index is 12.0. The van der Waals surface area contributed by atoms with Crippen LogP contribution in [0.15, 0.2) is 16.7 Å². The molecule has 0 atom stereocenters. The van der Waals surface area contributed by atoms with E-state index in [4.69, 9.17) is 16.0 Å². The summed E-state index contributed by atoms with van der Waals surface area (Å²) in [5.41, 5.74) is 0.0219. The molecule has 1 amide bonds. The summed E-state index contributed by atoms with van der Waals surface area (Å²) in [5, 5.41) is 13.1. The molecule has 0 bridgehead atoms. The van der Waals surface area contributed by atoms with Gasteiger partial charge in [-0.25, -0.2) is 9.97 Å². The van der Waals surface area contributed by atoms with Crippen LogP contribution in [0.4, 0.5) is 5.69 Å². The average Bonchev–Trinajstić information content (AvgIpc) is 2.74. The highest BCUT2D eigenvalue weighted by Gasteiger charge is 2.24. The van der Waals surface area contributed by atoms with E-state index in [2.05, 4.69) is 15.3 Å². The number of amides is 1. The lowest BCUT2D eigenvalue weighted by molar-refractivity contribution is -0.385. The minimum atomic E-state index is -0.746. The highest BCUT2D eigenvalue weighted by Crippen LogP contribution is 2.25. The molecule has 0 aromatic carbocycles. The average molecular weight is 311 g/mol. The molecule has 2 rings (SSSR count). The van der Waals surface area contributed by atoms with Gasteiger partial charge in [-0.15, -0.1) is 0 Å². The van der Waals surface area contributed by atoms with Crippen molar-refractivity contribution in [2.45, 2.75) is 20.4 Å². The number of carbonyl (C=O) groups excluding carboxylic acids is 1. The lowest BCUT2D eigenvalue weighted by Gasteiger charge is -2.04. The second-order valence-corrected chi connectivity index (χ2v) is 4.54. The summed E-state index contributed by atoms with van der Waals surface area (Å²) in [6, 6.07) is 1.23. The first-order chi connectivity index (χ1) is 9.90. The fourth-order valence-electron chi connectivity index (χ4n) is 1.65. The number of rotatable bonds is 4. The van der Waals surface area contributed by atoms with Crippen LogP contribution in [-0.4, -0.2) is 20.8 Å². The quantitative estimate of drug-likeness (QED) is 0.526. The van der Waals surface area contributed by atoms with Crippen LogP contribution in [0.5, 0.6) is 0 Å². The zero-order chi connectivity index (χ0) is 15.6. The maximum absolute atomic E-state index is 12.0. The highest BCUT2D eigenvalue weighted by molar-refractivity contribution is 6.32. The number of oxazole rings is 1. The lowest BCUT2D eigenvalue weighted by atomic mass is 10.2. The number of halogens is 1. The Morgan fingerprint density at radius 3 is 2.81 bits per heavy atom. The molecule has 0 aliphatic rings. The molecule has 9 heteroatoms. The molecule has 2 aromatic rings. The maximum Gasteiger partial charge on any atom is 0.319 e. The van der Waals surface area contributed by atoms with Crippen molar-refractivity contribution >= 4 is 23.2 Å². The summed E-state index contributed by atoms with van der Waals surface area (Å²) in [6.45, 7) is 3.55. The Kier molecular flexibility index (Phi) is 4.18. The molecule has 110 valence electrons. The van der Waals surface area contributed by atoms with E-state index >= 15 is 0 Å². The molecule has 0 spiro atoms. The molecule has 0 fully saturated rings. The summed E-state index contributed by atoms with van der Waals surface area (Å²) < 4.78 is 5.30. The smallest absolute Gasteiger partial charge is 0.319 e. The van der Waals surface area contributed by atoms with E-state index in [0.717, 1.165) is 5.69 Å². The zero-order valence-corrected chi connectivity index (χ0v) is 12.0. The Bertz CT molecular complexity index is 694. The number of hydrogen-bond acceptors (Lipinski definition) is 6. The summed E-state index contributed by atoms with van der Waals surface area (Å²) >= 11 is 5.65. The molecule has 2 aromatic heterocycles. The van der Waals surface area contributed by atoms with Crippen LogP contribution in [0.1, 0.15) is 27.7 Å². The van der Waals surface area contributed by atoms with Crippen molar-refractivity contribution in [3.8, 4) is 0 Å². The summed E-state index contributed by atoms with van der Waals surface area (Å²) in [4.78, 5) is 29.9. The van der Waals surface area contributed by atoms with Gasteiger partial charge < -0.3 is 9.73 Å². The lowest BCUT2D eigenvalue weighted by Crippen LogP contribution is -2.24. The van der Waals surface area contributed by atoms with E-state index in [9.17, 15) is 14.9 Å². The Balaban J connectivity index is 2.17. The van der Waals surface area contributed by atoms with Crippen molar-refractivity contribution in [3.63, 3.8) is 0 Å². The van der Waals surface area contributed by atoms with Crippen molar-refractivity contribution in [2.24, 2.45) is 0 Å². The number of aryl methyl sites for hydroxylation is 2. The van der Waals surface area contributed by atoms with Gasteiger partial charge in [0.15, 0.2) is 0 Å². The molecule has 0 saturated heterocycles. The van der Waals surface area contributed by atoms with E-state index in [1.54, 1.807) is 13.8 Å². The van der Waals surface area contributed by atoms with Gasteiger partial charge in [-0.1, -0.05) is 11.6 Å². The third-order valence-corrected chi connectivity index (χ3v) is 3.06. The molecule has 0 aliphatic carbocycles. The first-order valence-corrected chi connectivity index (χ1v) is 6.28. The van der Waals surface area contributed by atoms with Crippen molar-refractivity contribution in [1.82, 2.24) is 15.3 Å². The first-order valence-electron chi connectivity index (χ1n) is 5.90. The van der Waals surface area contributed by atoms with Crippen LogP contribution in [0.25, 0.3) is 0 Å². The number of pyridine rings is 1. The van der Waals surface area contributed by atoms with E-state index in [1.165, 1.54) is 12.3 Å². The predicted molar refractivity (Wildman–Crippen MR) is 73.0 cm³/mol. The Morgan fingerprint density at radius 1 is 1.52 bits per heavy atom. The number of nitrogens with zero attached hydrogens (tertiary/aromatic N) is 3. The summed E-state index contributed by atoms with van der Waals surface area (Å²) in [7, 11) is 0. The van der Waals surface area contributed by atoms with E-state index in [-0.39, 0.29) is 17.3 Å². The zero-order valence-electron chi connectivity index (χ0n) is 11.2. The standard InChI is InChI=1S/C12H11ClN4O4/c1-6-7(2)21-9(16-6)5-15-12(18)8-3-4-14-11(13)10(8)17(19)20/h3-4H,5H2,1-2H3,(H,15,18). The van der Waals surface area contributed by atoms with Crippen LogP contribution in [0.3, 0.4) is 0 Å². The van der Waals surface area contributed by atoms with Crippen molar-refractivity contribution < 1.29 is 14.1 Å². The van der Waals surface area contributed by atoms with Gasteiger partial charge in [0.05, 0.1) is 17.2 Å². The Labute approximate surface area is 124 Å². The molecular formula is C12H11ClN4O4. The van der Waals surface area contributed by atoms with Gasteiger partial charge in [0.25, 0.3) is 5.91 Å². The van der Waals surface area contributed by atoms with Gasteiger partial charge in [0.1, 0.15) is 11.3 Å². The molecule has 21 heavy (non-hydrogen) atoms. The van der Waals surface area contributed by atoms with Gasteiger partial charge in [-0.05, 0) is 19.9 Å². The Hall–Kier alpha value is -2.48. The minimum absolute atomic E-state index is 0.0185. The molecule has 8 nitrogen and oxygen atoms in total. The second kappa shape index (κ2) is 5.88. The SMILES string of the molecule is Cc1nc(CNC(=O)c2ccnc(Cl)c2[N+](=O)[O-])oc1C. The largest absolute Gasteiger partial charge is 0.444 e. The van der Waals surface area contributed by atoms with Crippen molar-refractivity contribution in [1.29, 1.82) is 0 Å². The topological polar surface area (TPSA) is 111 Å². The fourth-order valence-corrected chi connectivity index (χ4v) is 1.88. The van der Waals surface area contributed by atoms with Crippen molar-refractivity contribution in [2.75, 3.05) is 0 Å². The van der Waals surface area contributed by atoms with Crippen LogP contribution in [-0.2, 0) is 6.54 Å². The van der Waals surface area contributed by atoms with E-state index < -0.39 is 16.5 Å². The minimum Gasteiger partial charge on any atom is -0.444 e. The second-order valence-electron chi connectivity index (χ2n) is 4.19. The van der Waals surface area contributed by atoms with Gasteiger partial charge in [-0.2, -0.15) is 0 Å². The monoisotopic (exact) mass is 310 g/mol. The normalized spacial score (nSPS) is 10.4. The Morgan fingerprint density at radius 2 is 2.24 bits per heavy atom. The molecule has 2 heterocycles. The number of aromatic nitrogens is 2. The van der Waals surface area contributed by atoms with Crippen LogP contribution in [0, 0.1) is 24.0 Å². The van der Waals surface area contributed by atoms with Gasteiger partial charge in [-0.3, -0.25) is 14.9 Å². The molecule has 0 radical (unpaired) electrons. The summed E-state index contributed by atoms with van der Waals surface area (Å²) in [5.74, 6) is 0.317. The van der Waals surface area contributed by atoms with Crippen molar-refractivity contribution in [3.05, 3.63) is 50.4 Å². The van der Waals surface area contributed by atoms with Crippen LogP contribution in [0.2, 0.25) is 5.15 Å². The molecule has 0 aliphatic heterocycles.